The first-order chi connectivity index (χ1) is 8.59. The number of benzene rings is 1. The van der Waals surface area contributed by atoms with Gasteiger partial charge in [0.1, 0.15) is 5.75 Å². The molecular formula is C13H19BrO4S. The Hall–Kier alpha value is -0.590. The smallest absolute Gasteiger partial charge is 0.155 e. The number of sulfone groups is 1. The van der Waals surface area contributed by atoms with Crippen LogP contribution in [0.4, 0.5) is 0 Å². The lowest BCUT2D eigenvalue weighted by Gasteiger charge is -2.28. The molecule has 0 radical (unpaired) electrons. The van der Waals surface area contributed by atoms with Crippen LogP contribution in [0.5, 0.6) is 5.75 Å². The zero-order valence-electron chi connectivity index (χ0n) is 11.5. The Kier molecular flexibility index (Phi) is 5.03. The molecule has 108 valence electrons. The van der Waals surface area contributed by atoms with Gasteiger partial charge >= 0.3 is 0 Å². The molecule has 0 spiro atoms. The van der Waals surface area contributed by atoms with Crippen LogP contribution in [0, 0.1) is 0 Å². The van der Waals surface area contributed by atoms with E-state index in [0.29, 0.717) is 5.75 Å². The van der Waals surface area contributed by atoms with Crippen molar-refractivity contribution in [3.63, 3.8) is 0 Å². The average molecular weight is 351 g/mol. The van der Waals surface area contributed by atoms with Crippen molar-refractivity contribution in [3.8, 4) is 5.75 Å². The van der Waals surface area contributed by atoms with Crippen LogP contribution in [0.15, 0.2) is 22.7 Å². The molecule has 0 fully saturated rings. The van der Waals surface area contributed by atoms with Crippen molar-refractivity contribution in [1.29, 1.82) is 0 Å². The fourth-order valence-electron chi connectivity index (χ4n) is 1.55. The van der Waals surface area contributed by atoms with E-state index in [4.69, 9.17) is 4.74 Å². The molecule has 1 rings (SSSR count). The van der Waals surface area contributed by atoms with Crippen molar-refractivity contribution in [3.05, 3.63) is 28.2 Å². The summed E-state index contributed by atoms with van der Waals surface area (Å²) in [5.74, 6) is 0.695. The van der Waals surface area contributed by atoms with Gasteiger partial charge in [-0.3, -0.25) is 0 Å². The van der Waals surface area contributed by atoms with Gasteiger partial charge in [-0.25, -0.2) is 8.42 Å². The summed E-state index contributed by atoms with van der Waals surface area (Å²) in [5, 5.41) is 10.2. The van der Waals surface area contributed by atoms with Crippen molar-refractivity contribution >= 4 is 25.8 Å². The molecule has 19 heavy (non-hydrogen) atoms. The van der Waals surface area contributed by atoms with Gasteiger partial charge in [-0.15, -0.1) is 0 Å². The third kappa shape index (κ3) is 3.70. The van der Waals surface area contributed by atoms with Gasteiger partial charge in [0.2, 0.25) is 0 Å². The van der Waals surface area contributed by atoms with Crippen molar-refractivity contribution in [2.75, 3.05) is 13.4 Å². The highest BCUT2D eigenvalue weighted by Gasteiger charge is 2.37. The van der Waals surface area contributed by atoms with Crippen LogP contribution in [-0.4, -0.2) is 37.7 Å². The molecule has 0 saturated heterocycles. The molecular weight excluding hydrogens is 332 g/mol. The van der Waals surface area contributed by atoms with Crippen molar-refractivity contribution in [2.45, 2.75) is 31.1 Å². The number of aliphatic hydroxyl groups is 1. The molecule has 0 aliphatic heterocycles. The minimum atomic E-state index is -3.33. The minimum absolute atomic E-state index is 0.267. The molecule has 0 saturated carbocycles. The van der Waals surface area contributed by atoms with E-state index in [1.807, 2.05) is 12.1 Å². The quantitative estimate of drug-likeness (QED) is 0.883. The molecule has 0 aliphatic carbocycles. The summed E-state index contributed by atoms with van der Waals surface area (Å²) in [6.07, 6.45) is 0.436. The standard InChI is InChI=1S/C13H19BrO4S/c1-13(2,19(4,16)17)12(15)8-9-5-6-11(18-3)10(14)7-9/h5-7,12,15H,8H2,1-4H3. The lowest BCUT2D eigenvalue weighted by Crippen LogP contribution is -2.44. The Morgan fingerprint density at radius 3 is 2.42 bits per heavy atom. The maximum absolute atomic E-state index is 11.7. The summed E-state index contributed by atoms with van der Waals surface area (Å²) in [5.41, 5.74) is 0.844. The molecule has 0 heterocycles. The third-order valence-electron chi connectivity index (χ3n) is 3.40. The van der Waals surface area contributed by atoms with Crippen LogP contribution in [-0.2, 0) is 16.3 Å². The number of methoxy groups -OCH3 is 1. The van der Waals surface area contributed by atoms with E-state index in [1.54, 1.807) is 13.2 Å². The topological polar surface area (TPSA) is 63.6 Å². The van der Waals surface area contributed by atoms with E-state index in [2.05, 4.69) is 15.9 Å². The highest BCUT2D eigenvalue weighted by atomic mass is 79.9. The summed E-state index contributed by atoms with van der Waals surface area (Å²) in [6, 6.07) is 5.41. The number of aliphatic hydroxyl groups excluding tert-OH is 1. The third-order valence-corrected chi connectivity index (χ3v) is 6.21. The molecule has 4 nitrogen and oxygen atoms in total. The number of halogens is 1. The fraction of sp³-hybridized carbons (Fsp3) is 0.538. The van der Waals surface area contributed by atoms with Gasteiger partial charge in [-0.1, -0.05) is 6.07 Å². The molecule has 1 atom stereocenters. The Bertz CT molecular complexity index is 552. The zero-order valence-corrected chi connectivity index (χ0v) is 13.9. The maximum atomic E-state index is 11.7. The van der Waals surface area contributed by atoms with E-state index in [0.717, 1.165) is 16.3 Å². The van der Waals surface area contributed by atoms with Gasteiger partial charge in [0.15, 0.2) is 9.84 Å². The predicted octanol–water partition coefficient (Wildman–Crippen LogP) is 2.18. The number of rotatable bonds is 5. The zero-order chi connectivity index (χ0) is 14.8. The molecule has 1 N–H and O–H groups in total. The summed E-state index contributed by atoms with van der Waals surface area (Å²) >= 11 is 3.36. The van der Waals surface area contributed by atoms with Crippen LogP contribution in [0.3, 0.4) is 0 Å². The van der Waals surface area contributed by atoms with Crippen molar-refractivity contribution in [1.82, 2.24) is 0 Å². The summed E-state index contributed by atoms with van der Waals surface area (Å²) < 4.78 is 28.0. The van der Waals surface area contributed by atoms with Gasteiger partial charge < -0.3 is 9.84 Å². The number of hydrogen-bond acceptors (Lipinski definition) is 4. The molecule has 1 aromatic carbocycles. The van der Waals surface area contributed by atoms with Gasteiger partial charge in [0.25, 0.3) is 0 Å². The first kappa shape index (κ1) is 16.5. The van der Waals surface area contributed by atoms with Crippen molar-refractivity contribution in [2.24, 2.45) is 0 Å². The molecule has 1 unspecified atom stereocenters. The van der Waals surface area contributed by atoms with Crippen LogP contribution >= 0.6 is 15.9 Å². The summed E-state index contributed by atoms with van der Waals surface area (Å²) in [6.45, 7) is 3.07. The highest BCUT2D eigenvalue weighted by Crippen LogP contribution is 2.28. The molecule has 0 amide bonds. The summed E-state index contributed by atoms with van der Waals surface area (Å²) in [7, 11) is -1.76. The molecule has 0 aromatic heterocycles. The van der Waals surface area contributed by atoms with Crippen LogP contribution < -0.4 is 4.74 Å². The van der Waals surface area contributed by atoms with E-state index in [9.17, 15) is 13.5 Å². The van der Waals surface area contributed by atoms with E-state index < -0.39 is 20.7 Å². The molecule has 6 heteroatoms. The normalized spacial score (nSPS) is 14.2. The Morgan fingerprint density at radius 2 is 2.00 bits per heavy atom. The van der Waals surface area contributed by atoms with Crippen LogP contribution in [0.2, 0.25) is 0 Å². The van der Waals surface area contributed by atoms with Crippen LogP contribution in [0.1, 0.15) is 19.4 Å². The monoisotopic (exact) mass is 350 g/mol. The SMILES string of the molecule is COc1ccc(CC(O)C(C)(C)S(C)(=O)=O)cc1Br. The van der Waals surface area contributed by atoms with Crippen LogP contribution in [0.25, 0.3) is 0 Å². The van der Waals surface area contributed by atoms with E-state index in [-0.39, 0.29) is 6.42 Å². The second-order valence-corrected chi connectivity index (χ2v) is 8.52. The van der Waals surface area contributed by atoms with Gasteiger partial charge in [0, 0.05) is 6.26 Å². The Morgan fingerprint density at radius 1 is 1.42 bits per heavy atom. The van der Waals surface area contributed by atoms with Crippen molar-refractivity contribution < 1.29 is 18.3 Å². The summed E-state index contributed by atoms with van der Waals surface area (Å²) in [4.78, 5) is 0. The highest BCUT2D eigenvalue weighted by molar-refractivity contribution is 9.10. The van der Waals surface area contributed by atoms with Gasteiger partial charge in [-0.05, 0) is 53.9 Å². The lowest BCUT2D eigenvalue weighted by atomic mass is 9.98. The first-order valence-electron chi connectivity index (χ1n) is 5.79. The second-order valence-electron chi connectivity index (χ2n) is 5.06. The van der Waals surface area contributed by atoms with Gasteiger partial charge in [-0.2, -0.15) is 0 Å². The van der Waals surface area contributed by atoms with E-state index >= 15 is 0 Å². The van der Waals surface area contributed by atoms with Gasteiger partial charge in [0.05, 0.1) is 22.4 Å². The Balaban J connectivity index is 2.95. The fourth-order valence-corrected chi connectivity index (χ4v) is 2.72. The maximum Gasteiger partial charge on any atom is 0.155 e. The molecule has 1 aromatic rings. The average Bonchev–Trinajstić information content (AvgIpc) is 2.27. The first-order valence-corrected chi connectivity index (χ1v) is 8.48. The second kappa shape index (κ2) is 5.81. The number of ether oxygens (including phenoxy) is 1. The predicted molar refractivity (Wildman–Crippen MR) is 79.3 cm³/mol. The van der Waals surface area contributed by atoms with E-state index in [1.165, 1.54) is 13.8 Å². The minimum Gasteiger partial charge on any atom is -0.496 e. The lowest BCUT2D eigenvalue weighted by molar-refractivity contribution is 0.138. The Labute approximate surface area is 122 Å². The molecule has 0 bridgehead atoms. The number of hydrogen-bond donors (Lipinski definition) is 1. The largest absolute Gasteiger partial charge is 0.496 e. The molecule has 0 aliphatic rings.